The number of rotatable bonds is 16. The molecule has 0 aromatic heterocycles. The number of amides is 1. The number of unbranched alkanes of at least 4 members (excludes halogenated alkanes) is 7. The molecule has 0 bridgehead atoms. The number of nitrogens with zero attached hydrogens (tertiary/aromatic N) is 1. The van der Waals surface area contributed by atoms with Crippen LogP contribution in [0.15, 0.2) is 72.8 Å². The molecule has 220 valence electrons. The van der Waals surface area contributed by atoms with Gasteiger partial charge in [0.1, 0.15) is 0 Å². The molecule has 41 heavy (non-hydrogen) atoms. The summed E-state index contributed by atoms with van der Waals surface area (Å²) in [6.07, 6.45) is 10.4. The summed E-state index contributed by atoms with van der Waals surface area (Å²) in [4.78, 5) is 25.9. The largest absolute Gasteiger partial charge is 0.481 e. The molecule has 5 heteroatoms. The third-order valence-corrected chi connectivity index (χ3v) is 8.84. The van der Waals surface area contributed by atoms with Crippen molar-refractivity contribution < 1.29 is 14.7 Å². The highest BCUT2D eigenvalue weighted by Crippen LogP contribution is 2.33. The molecule has 2 N–H and O–H groups in total. The molecule has 1 fully saturated rings. The van der Waals surface area contributed by atoms with E-state index in [2.05, 4.69) is 89.9 Å². The highest BCUT2D eigenvalue weighted by molar-refractivity contribution is 5.86. The van der Waals surface area contributed by atoms with Gasteiger partial charge in [0.05, 0.1) is 0 Å². The molecule has 4 rings (SSSR count). The lowest BCUT2D eigenvalue weighted by atomic mass is 9.80. The molecule has 3 aromatic carbocycles. The summed E-state index contributed by atoms with van der Waals surface area (Å²) in [6, 6.07) is 26.2. The number of carbonyl (C=O) groups excluding carboxylic acids is 1. The number of aliphatic carboxylic acids is 1. The number of benzene rings is 3. The average molecular weight is 557 g/mol. The molecule has 1 saturated heterocycles. The summed E-state index contributed by atoms with van der Waals surface area (Å²) < 4.78 is 0. The number of fused-ring (bicyclic) bond motifs is 1. The average Bonchev–Trinajstić information content (AvgIpc) is 3.00. The number of hydrogen-bond donors (Lipinski definition) is 2. The molecule has 5 nitrogen and oxygen atoms in total. The van der Waals surface area contributed by atoms with Crippen LogP contribution < -0.4 is 5.32 Å². The molecule has 1 aliphatic heterocycles. The molecule has 0 spiro atoms. The van der Waals surface area contributed by atoms with Crippen molar-refractivity contribution >= 4 is 22.6 Å². The van der Waals surface area contributed by atoms with Gasteiger partial charge in [-0.2, -0.15) is 0 Å². The van der Waals surface area contributed by atoms with E-state index >= 15 is 0 Å². The highest BCUT2D eigenvalue weighted by Gasteiger charge is 2.32. The molecular formula is C36H48N2O3. The van der Waals surface area contributed by atoms with E-state index in [9.17, 15) is 9.59 Å². The van der Waals surface area contributed by atoms with Crippen molar-refractivity contribution in [1.29, 1.82) is 0 Å². The second-order valence-electron chi connectivity index (χ2n) is 11.8. The Hall–Kier alpha value is -3.18. The van der Waals surface area contributed by atoms with Gasteiger partial charge in [-0.25, -0.2) is 0 Å². The fourth-order valence-corrected chi connectivity index (χ4v) is 6.39. The van der Waals surface area contributed by atoms with Crippen LogP contribution in [-0.4, -0.2) is 41.5 Å². The lowest BCUT2D eigenvalue weighted by Gasteiger charge is -2.39. The van der Waals surface area contributed by atoms with E-state index in [1.165, 1.54) is 28.3 Å². The molecule has 1 amide bonds. The molecule has 0 aliphatic carbocycles. The fourth-order valence-electron chi connectivity index (χ4n) is 6.39. The first-order chi connectivity index (χ1) is 20.0. The van der Waals surface area contributed by atoms with E-state index in [1.807, 2.05) is 0 Å². The van der Waals surface area contributed by atoms with Gasteiger partial charge in [-0.3, -0.25) is 9.59 Å². The Morgan fingerprint density at radius 3 is 2.20 bits per heavy atom. The van der Waals surface area contributed by atoms with Gasteiger partial charge in [0.15, 0.2) is 0 Å². The van der Waals surface area contributed by atoms with Crippen LogP contribution >= 0.6 is 0 Å². The number of hydrogen-bond acceptors (Lipinski definition) is 3. The second-order valence-corrected chi connectivity index (χ2v) is 11.8. The first-order valence-corrected chi connectivity index (χ1v) is 15.8. The van der Waals surface area contributed by atoms with Crippen LogP contribution in [0.25, 0.3) is 10.8 Å². The minimum Gasteiger partial charge on any atom is -0.481 e. The van der Waals surface area contributed by atoms with Crippen LogP contribution in [0.5, 0.6) is 0 Å². The quantitative estimate of drug-likeness (QED) is 0.175. The Labute approximate surface area is 246 Å². The van der Waals surface area contributed by atoms with Crippen LogP contribution in [0.2, 0.25) is 0 Å². The minimum absolute atomic E-state index is 0.252. The summed E-state index contributed by atoms with van der Waals surface area (Å²) in [5.41, 5.74) is 2.67. The Morgan fingerprint density at radius 1 is 0.829 bits per heavy atom. The molecule has 2 unspecified atom stereocenters. The topological polar surface area (TPSA) is 69.6 Å². The van der Waals surface area contributed by atoms with Crippen molar-refractivity contribution in [2.24, 2.45) is 5.92 Å². The Balaban J connectivity index is 1.24. The van der Waals surface area contributed by atoms with E-state index in [0.29, 0.717) is 24.2 Å². The Bertz CT molecular complexity index is 1220. The van der Waals surface area contributed by atoms with Crippen LogP contribution in [-0.2, 0) is 9.59 Å². The van der Waals surface area contributed by atoms with Crippen LogP contribution in [0.3, 0.4) is 0 Å². The summed E-state index contributed by atoms with van der Waals surface area (Å²) in [5, 5.41) is 15.2. The van der Waals surface area contributed by atoms with Gasteiger partial charge in [0.2, 0.25) is 5.91 Å². The molecule has 1 heterocycles. The van der Waals surface area contributed by atoms with E-state index in [4.69, 9.17) is 5.11 Å². The van der Waals surface area contributed by atoms with Crippen LogP contribution in [0.4, 0.5) is 0 Å². The van der Waals surface area contributed by atoms with E-state index in [0.717, 1.165) is 71.0 Å². The number of piperidine rings is 1. The predicted octanol–water partition coefficient (Wildman–Crippen LogP) is 8.11. The van der Waals surface area contributed by atoms with Gasteiger partial charge < -0.3 is 15.3 Å². The van der Waals surface area contributed by atoms with E-state index in [1.54, 1.807) is 0 Å². The van der Waals surface area contributed by atoms with Gasteiger partial charge >= 0.3 is 5.97 Å². The summed E-state index contributed by atoms with van der Waals surface area (Å²) in [5.74, 6) is 0.420. The maximum Gasteiger partial charge on any atom is 0.303 e. The van der Waals surface area contributed by atoms with E-state index < -0.39 is 5.97 Å². The summed E-state index contributed by atoms with van der Waals surface area (Å²) in [6.45, 7) is 4.83. The maximum absolute atomic E-state index is 13.2. The third-order valence-electron chi connectivity index (χ3n) is 8.84. The highest BCUT2D eigenvalue weighted by atomic mass is 16.4. The van der Waals surface area contributed by atoms with Crippen molar-refractivity contribution in [3.8, 4) is 0 Å². The van der Waals surface area contributed by atoms with Gasteiger partial charge in [0, 0.05) is 37.9 Å². The summed E-state index contributed by atoms with van der Waals surface area (Å²) in [7, 11) is 0. The summed E-state index contributed by atoms with van der Waals surface area (Å²) >= 11 is 0. The first-order valence-electron chi connectivity index (χ1n) is 15.8. The monoisotopic (exact) mass is 556 g/mol. The predicted molar refractivity (Wildman–Crippen MR) is 168 cm³/mol. The molecule has 3 atom stereocenters. The number of nitrogens with one attached hydrogen (secondary N) is 1. The van der Waals surface area contributed by atoms with Crippen molar-refractivity contribution in [2.45, 2.75) is 89.5 Å². The molecule has 3 aromatic rings. The van der Waals surface area contributed by atoms with Crippen molar-refractivity contribution in [1.82, 2.24) is 10.2 Å². The first kappa shape index (κ1) is 30.8. The zero-order chi connectivity index (χ0) is 28.9. The third kappa shape index (κ3) is 9.43. The number of carbonyl (C=O) groups is 2. The Kier molecular flexibility index (Phi) is 12.2. The van der Waals surface area contributed by atoms with Gasteiger partial charge in [0.25, 0.3) is 0 Å². The van der Waals surface area contributed by atoms with Crippen LogP contribution in [0.1, 0.15) is 101 Å². The maximum atomic E-state index is 13.2. The number of carboxylic acid groups (broad SMARTS) is 1. The second kappa shape index (κ2) is 16.3. The zero-order valence-electron chi connectivity index (χ0n) is 24.8. The normalized spacial score (nSPS) is 17.9. The van der Waals surface area contributed by atoms with Gasteiger partial charge in [-0.1, -0.05) is 111 Å². The van der Waals surface area contributed by atoms with Crippen molar-refractivity contribution in [3.05, 3.63) is 83.9 Å². The molecular weight excluding hydrogens is 508 g/mol. The zero-order valence-corrected chi connectivity index (χ0v) is 24.8. The standard InChI is InChI=1S/C36H48N2O3/c1-28(32-21-15-19-29-18-13-14-20-33(29)32)37-26-31-24-25-38(27-34(31)30-16-9-8-10-17-30)35(39)22-11-6-4-2-3-5-7-12-23-36(40)41/h8-10,13-21,28,31,34,37H,2-7,11-12,22-27H2,1H3,(H,40,41)/t28-,31?,34?/m1/s1. The smallest absolute Gasteiger partial charge is 0.303 e. The SMILES string of the molecule is C[C@@H](NCC1CCN(C(=O)CCCCCCCCCCC(=O)O)CC1c1ccccc1)c1cccc2ccccc12. The van der Waals surface area contributed by atoms with Crippen molar-refractivity contribution in [2.75, 3.05) is 19.6 Å². The molecule has 1 aliphatic rings. The van der Waals surface area contributed by atoms with Gasteiger partial charge in [-0.15, -0.1) is 0 Å². The Morgan fingerprint density at radius 2 is 1.46 bits per heavy atom. The lowest BCUT2D eigenvalue weighted by Crippen LogP contribution is -2.45. The minimum atomic E-state index is -0.697. The van der Waals surface area contributed by atoms with E-state index in [-0.39, 0.29) is 12.5 Å². The number of likely N-dealkylation sites (tertiary alicyclic amines) is 1. The number of carboxylic acids is 1. The fraction of sp³-hybridized carbons (Fsp3) is 0.500. The van der Waals surface area contributed by atoms with Crippen molar-refractivity contribution in [3.63, 3.8) is 0 Å². The van der Waals surface area contributed by atoms with Gasteiger partial charge in [-0.05, 0) is 60.5 Å². The molecule has 0 radical (unpaired) electrons. The lowest BCUT2D eigenvalue weighted by molar-refractivity contribution is -0.137. The molecule has 0 saturated carbocycles. The van der Waals surface area contributed by atoms with Crippen LogP contribution in [0, 0.1) is 5.92 Å².